The van der Waals surface area contributed by atoms with Crippen LogP contribution >= 0.6 is 0 Å². The summed E-state index contributed by atoms with van der Waals surface area (Å²) in [5.41, 5.74) is 0.764. The Labute approximate surface area is 188 Å². The summed E-state index contributed by atoms with van der Waals surface area (Å²) in [6.45, 7) is 4.39. The first kappa shape index (κ1) is 23.8. The Bertz CT molecular complexity index is 764. The van der Waals surface area contributed by atoms with Crippen LogP contribution in [0.3, 0.4) is 0 Å². The summed E-state index contributed by atoms with van der Waals surface area (Å²) in [6, 6.07) is 6.50. The molecule has 0 saturated carbocycles. The van der Waals surface area contributed by atoms with Crippen LogP contribution in [0.15, 0.2) is 24.3 Å². The van der Waals surface area contributed by atoms with Gasteiger partial charge in [-0.1, -0.05) is 13.3 Å². The second-order valence-electron chi connectivity index (χ2n) is 8.00. The van der Waals surface area contributed by atoms with Gasteiger partial charge in [-0.15, -0.1) is 0 Å². The zero-order valence-corrected chi connectivity index (χ0v) is 18.6. The lowest BCUT2D eigenvalue weighted by atomic mass is 10.1. The van der Waals surface area contributed by atoms with Crippen LogP contribution in [0.1, 0.15) is 39.0 Å². The molecule has 1 aromatic rings. The number of carbonyl (C=O) groups is 3. The van der Waals surface area contributed by atoms with Crippen molar-refractivity contribution in [1.82, 2.24) is 10.2 Å². The number of benzene rings is 1. The lowest BCUT2D eigenvalue weighted by Gasteiger charge is -2.34. The summed E-state index contributed by atoms with van der Waals surface area (Å²) in [6.07, 6.45) is 3.79. The maximum absolute atomic E-state index is 12.8. The van der Waals surface area contributed by atoms with Crippen molar-refractivity contribution in [2.75, 3.05) is 44.8 Å². The number of ether oxygens (including phenoxy) is 3. The van der Waals surface area contributed by atoms with Crippen molar-refractivity contribution in [3.63, 3.8) is 0 Å². The molecule has 9 heteroatoms. The topological polar surface area (TPSA) is 106 Å². The van der Waals surface area contributed by atoms with Gasteiger partial charge in [0.25, 0.3) is 0 Å². The van der Waals surface area contributed by atoms with Crippen molar-refractivity contribution < 1.29 is 28.6 Å². The van der Waals surface area contributed by atoms with Crippen molar-refractivity contribution in [1.29, 1.82) is 0 Å². The maximum atomic E-state index is 12.8. The van der Waals surface area contributed by atoms with Gasteiger partial charge in [0.2, 0.25) is 11.8 Å². The van der Waals surface area contributed by atoms with Gasteiger partial charge in [0, 0.05) is 25.4 Å². The molecule has 2 amide bonds. The number of hydrogen-bond acceptors (Lipinski definition) is 7. The van der Waals surface area contributed by atoms with Crippen molar-refractivity contribution in [3.05, 3.63) is 24.3 Å². The van der Waals surface area contributed by atoms with Crippen molar-refractivity contribution >= 4 is 23.5 Å². The average Bonchev–Trinajstić information content (AvgIpc) is 3.32. The molecule has 2 N–H and O–H groups in total. The highest BCUT2D eigenvalue weighted by Gasteiger charge is 2.34. The lowest BCUT2D eigenvalue weighted by Crippen LogP contribution is -2.58. The molecule has 2 aliphatic heterocycles. The first-order valence-electron chi connectivity index (χ1n) is 11.4. The van der Waals surface area contributed by atoms with Crippen LogP contribution in [0.4, 0.5) is 5.69 Å². The van der Waals surface area contributed by atoms with E-state index in [4.69, 9.17) is 14.2 Å². The molecule has 0 spiro atoms. The fourth-order valence-corrected chi connectivity index (χ4v) is 3.68. The van der Waals surface area contributed by atoms with E-state index in [9.17, 15) is 14.4 Å². The number of anilines is 1. The average molecular weight is 448 g/mol. The molecule has 2 saturated heterocycles. The van der Waals surface area contributed by atoms with E-state index in [1.807, 2.05) is 31.2 Å². The Kier molecular flexibility index (Phi) is 9.15. The maximum Gasteiger partial charge on any atom is 0.308 e. The Morgan fingerprint density at radius 1 is 1.28 bits per heavy atom. The zero-order valence-electron chi connectivity index (χ0n) is 18.6. The lowest BCUT2D eigenvalue weighted by molar-refractivity contribution is -0.151. The summed E-state index contributed by atoms with van der Waals surface area (Å²) >= 11 is 0. The Morgan fingerprint density at radius 3 is 2.81 bits per heavy atom. The van der Waals surface area contributed by atoms with E-state index in [0.29, 0.717) is 26.3 Å². The van der Waals surface area contributed by atoms with E-state index < -0.39 is 12.0 Å². The predicted molar refractivity (Wildman–Crippen MR) is 118 cm³/mol. The first-order chi connectivity index (χ1) is 15.6. The molecule has 1 aromatic carbocycles. The highest BCUT2D eigenvalue weighted by Crippen LogP contribution is 2.19. The number of carbonyl (C=O) groups excluding carboxylic acids is 3. The number of esters is 1. The van der Waals surface area contributed by atoms with Gasteiger partial charge in [-0.2, -0.15) is 0 Å². The minimum absolute atomic E-state index is 0.0186. The highest BCUT2D eigenvalue weighted by molar-refractivity contribution is 5.93. The van der Waals surface area contributed by atoms with E-state index in [0.717, 1.165) is 43.7 Å². The molecule has 2 unspecified atom stereocenters. The third-order valence-corrected chi connectivity index (χ3v) is 5.53. The standard InChI is InChI=1S/C23H33N3O6/c1-2-3-12-31-22(28)14-20-23(29)24-10-11-26(20)21(27)15-25-17-6-8-18(9-7-17)32-16-19-5-4-13-30-19/h6-9,19-20,25H,2-5,10-16H2,1H3,(H,24,29). The zero-order chi connectivity index (χ0) is 22.8. The molecule has 9 nitrogen and oxygen atoms in total. The molecule has 32 heavy (non-hydrogen) atoms. The number of nitrogens with zero attached hydrogens (tertiary/aromatic N) is 1. The fraction of sp³-hybridized carbons (Fsp3) is 0.609. The second kappa shape index (κ2) is 12.3. The molecular formula is C23H33N3O6. The quantitative estimate of drug-likeness (QED) is 0.393. The van der Waals surface area contributed by atoms with E-state index >= 15 is 0 Å². The van der Waals surface area contributed by atoms with Gasteiger partial charge in [-0.3, -0.25) is 14.4 Å². The normalized spacial score (nSPS) is 20.5. The van der Waals surface area contributed by atoms with Crippen LogP contribution in [-0.4, -0.2) is 74.3 Å². The molecule has 3 rings (SSSR count). The van der Waals surface area contributed by atoms with E-state index in [-0.39, 0.29) is 30.9 Å². The van der Waals surface area contributed by atoms with Gasteiger partial charge >= 0.3 is 5.97 Å². The molecule has 0 radical (unpaired) electrons. The number of nitrogens with one attached hydrogen (secondary N) is 2. The van der Waals surface area contributed by atoms with Crippen LogP contribution in [0.5, 0.6) is 5.75 Å². The van der Waals surface area contributed by atoms with Gasteiger partial charge in [-0.25, -0.2) is 0 Å². The summed E-state index contributed by atoms with van der Waals surface area (Å²) < 4.78 is 16.5. The molecule has 0 aromatic heterocycles. The smallest absolute Gasteiger partial charge is 0.308 e. The molecular weight excluding hydrogens is 414 g/mol. The summed E-state index contributed by atoms with van der Waals surface area (Å²) in [7, 11) is 0. The Balaban J connectivity index is 1.47. The van der Waals surface area contributed by atoms with Crippen molar-refractivity contribution in [2.45, 2.75) is 51.2 Å². The molecule has 0 bridgehead atoms. The Hall–Kier alpha value is -2.81. The third kappa shape index (κ3) is 7.12. The third-order valence-electron chi connectivity index (χ3n) is 5.53. The predicted octanol–water partition coefficient (Wildman–Crippen LogP) is 1.72. The van der Waals surface area contributed by atoms with Gasteiger partial charge in [0.05, 0.1) is 25.7 Å². The molecule has 2 heterocycles. The summed E-state index contributed by atoms with van der Waals surface area (Å²) in [5, 5.41) is 5.80. The summed E-state index contributed by atoms with van der Waals surface area (Å²) in [5.74, 6) is -0.300. The number of amides is 2. The SMILES string of the molecule is CCCCOC(=O)CC1C(=O)NCCN1C(=O)CNc1ccc(OCC2CCCO2)cc1. The number of rotatable bonds is 11. The summed E-state index contributed by atoms with van der Waals surface area (Å²) in [4.78, 5) is 38.6. The van der Waals surface area contributed by atoms with Crippen molar-refractivity contribution in [2.24, 2.45) is 0 Å². The largest absolute Gasteiger partial charge is 0.491 e. The number of piperazine rings is 1. The van der Waals surface area contributed by atoms with Crippen LogP contribution in [0.2, 0.25) is 0 Å². The van der Waals surface area contributed by atoms with E-state index in [1.54, 1.807) is 0 Å². The van der Waals surface area contributed by atoms with Crippen LogP contribution in [0.25, 0.3) is 0 Å². The molecule has 0 aliphatic carbocycles. The molecule has 176 valence electrons. The van der Waals surface area contributed by atoms with Gasteiger partial charge in [0.15, 0.2) is 0 Å². The van der Waals surface area contributed by atoms with Crippen LogP contribution in [-0.2, 0) is 23.9 Å². The van der Waals surface area contributed by atoms with Gasteiger partial charge in [-0.05, 0) is 43.5 Å². The fourth-order valence-electron chi connectivity index (χ4n) is 3.68. The van der Waals surface area contributed by atoms with E-state index in [2.05, 4.69) is 10.6 Å². The minimum atomic E-state index is -0.847. The highest BCUT2D eigenvalue weighted by atomic mass is 16.5. The van der Waals surface area contributed by atoms with Crippen LogP contribution in [0, 0.1) is 0 Å². The minimum Gasteiger partial charge on any atom is -0.491 e. The van der Waals surface area contributed by atoms with Gasteiger partial charge < -0.3 is 29.7 Å². The number of hydrogen-bond donors (Lipinski definition) is 2. The number of unbranched alkanes of at least 4 members (excludes halogenated alkanes) is 1. The Morgan fingerprint density at radius 2 is 2.09 bits per heavy atom. The molecule has 2 fully saturated rings. The molecule has 2 atom stereocenters. The molecule has 2 aliphatic rings. The first-order valence-corrected chi connectivity index (χ1v) is 11.4. The monoisotopic (exact) mass is 447 g/mol. The second-order valence-corrected chi connectivity index (χ2v) is 8.00. The van der Waals surface area contributed by atoms with Gasteiger partial charge in [0.1, 0.15) is 18.4 Å². The van der Waals surface area contributed by atoms with Crippen LogP contribution < -0.4 is 15.4 Å². The van der Waals surface area contributed by atoms with E-state index in [1.165, 1.54) is 4.90 Å². The van der Waals surface area contributed by atoms with Crippen molar-refractivity contribution in [3.8, 4) is 5.75 Å².